The minimum atomic E-state index is -1.65. The van der Waals surface area contributed by atoms with Crippen molar-refractivity contribution in [1.29, 1.82) is 0 Å². The van der Waals surface area contributed by atoms with Gasteiger partial charge in [0.25, 0.3) is 0 Å². The van der Waals surface area contributed by atoms with Crippen LogP contribution in [0, 0.1) is 23.2 Å². The molecule has 5 atom stereocenters. The molecule has 0 aromatic heterocycles. The molecule has 1 unspecified atom stereocenters. The van der Waals surface area contributed by atoms with E-state index in [4.69, 9.17) is 0 Å². The molecular weight excluding hydrogens is 242 g/mol. The van der Waals surface area contributed by atoms with Gasteiger partial charge in [-0.15, -0.1) is 0 Å². The lowest BCUT2D eigenvalue weighted by atomic mass is 9.71. The molecule has 106 valence electrons. The van der Waals surface area contributed by atoms with E-state index in [1.165, 1.54) is 6.42 Å². The highest BCUT2D eigenvalue weighted by atomic mass is 16.4. The molecule has 4 nitrogen and oxygen atoms in total. The second-order valence-electron chi connectivity index (χ2n) is 7.05. The summed E-state index contributed by atoms with van der Waals surface area (Å²) >= 11 is 0. The fraction of sp³-hybridized carbons (Fsp3) is 0.867. The summed E-state index contributed by atoms with van der Waals surface area (Å²) < 4.78 is 0. The van der Waals surface area contributed by atoms with Crippen molar-refractivity contribution in [1.82, 2.24) is 0 Å². The number of carboxylic acid groups (broad SMARTS) is 1. The zero-order valence-electron chi connectivity index (χ0n) is 11.7. The molecular formula is C15H23NO3. The number of hydrogen-bond acceptors (Lipinski definition) is 3. The smallest absolute Gasteiger partial charge is 0.337 e. The Morgan fingerprint density at radius 2 is 2.11 bits per heavy atom. The van der Waals surface area contributed by atoms with E-state index in [9.17, 15) is 15.0 Å². The molecule has 3 aliphatic rings. The summed E-state index contributed by atoms with van der Waals surface area (Å²) in [5.41, 5.74) is -1.58. The Hall–Kier alpha value is -0.900. The molecule has 2 saturated carbocycles. The minimum Gasteiger partial charge on any atom is -0.479 e. The molecule has 1 spiro atoms. The van der Waals surface area contributed by atoms with Gasteiger partial charge in [-0.2, -0.15) is 0 Å². The Kier molecular flexibility index (Phi) is 2.79. The van der Waals surface area contributed by atoms with E-state index in [2.05, 4.69) is 18.8 Å². The highest BCUT2D eigenvalue weighted by Gasteiger charge is 2.59. The van der Waals surface area contributed by atoms with E-state index < -0.39 is 17.6 Å². The molecule has 2 aliphatic carbocycles. The van der Waals surface area contributed by atoms with Crippen LogP contribution in [0.15, 0.2) is 4.99 Å². The summed E-state index contributed by atoms with van der Waals surface area (Å²) in [4.78, 5) is 15.8. The Balaban J connectivity index is 1.95. The van der Waals surface area contributed by atoms with Crippen molar-refractivity contribution in [2.75, 3.05) is 0 Å². The third-order valence-electron chi connectivity index (χ3n) is 5.90. The van der Waals surface area contributed by atoms with Crippen LogP contribution in [0.25, 0.3) is 0 Å². The highest BCUT2D eigenvalue weighted by Crippen LogP contribution is 2.58. The van der Waals surface area contributed by atoms with Gasteiger partial charge in [0.05, 0.1) is 6.04 Å². The van der Waals surface area contributed by atoms with Gasteiger partial charge < -0.3 is 10.2 Å². The summed E-state index contributed by atoms with van der Waals surface area (Å²) in [6.45, 7) is 4.50. The fourth-order valence-electron chi connectivity index (χ4n) is 4.75. The predicted molar refractivity (Wildman–Crippen MR) is 72.2 cm³/mol. The Morgan fingerprint density at radius 1 is 1.37 bits per heavy atom. The van der Waals surface area contributed by atoms with Crippen molar-refractivity contribution in [2.45, 2.75) is 57.6 Å². The number of aliphatic imine (C=N–C) groups is 1. The van der Waals surface area contributed by atoms with Crippen LogP contribution in [-0.4, -0.2) is 34.0 Å². The largest absolute Gasteiger partial charge is 0.479 e. The van der Waals surface area contributed by atoms with E-state index >= 15 is 0 Å². The summed E-state index contributed by atoms with van der Waals surface area (Å²) in [7, 11) is 0. The Morgan fingerprint density at radius 3 is 2.74 bits per heavy atom. The Labute approximate surface area is 113 Å². The van der Waals surface area contributed by atoms with Gasteiger partial charge in [-0.05, 0) is 49.9 Å². The first-order valence-electron chi connectivity index (χ1n) is 7.39. The molecule has 4 heteroatoms. The number of carboxylic acids is 1. The molecule has 1 aliphatic heterocycles. The van der Waals surface area contributed by atoms with E-state index in [1.54, 1.807) is 0 Å². The van der Waals surface area contributed by atoms with Gasteiger partial charge in [-0.3, -0.25) is 4.99 Å². The number of aliphatic carboxylic acids is 1. The van der Waals surface area contributed by atoms with Crippen molar-refractivity contribution in [3.63, 3.8) is 0 Å². The number of nitrogens with zero attached hydrogens (tertiary/aromatic N) is 1. The lowest BCUT2D eigenvalue weighted by Crippen LogP contribution is -2.47. The molecule has 2 bridgehead atoms. The maximum atomic E-state index is 11.4. The van der Waals surface area contributed by atoms with E-state index in [0.29, 0.717) is 24.2 Å². The van der Waals surface area contributed by atoms with Crippen molar-refractivity contribution >= 4 is 12.2 Å². The molecule has 0 amide bonds. The number of fused-ring (bicyclic) bond motifs is 1. The lowest BCUT2D eigenvalue weighted by molar-refractivity contribution is -0.161. The Bertz CT molecular complexity index is 433. The van der Waals surface area contributed by atoms with Crippen molar-refractivity contribution in [2.24, 2.45) is 28.2 Å². The first-order chi connectivity index (χ1) is 8.89. The van der Waals surface area contributed by atoms with Gasteiger partial charge in [0.15, 0.2) is 5.60 Å². The van der Waals surface area contributed by atoms with E-state index in [0.717, 1.165) is 19.3 Å². The van der Waals surface area contributed by atoms with E-state index in [1.807, 2.05) is 6.21 Å². The molecule has 0 radical (unpaired) electrons. The van der Waals surface area contributed by atoms with Crippen LogP contribution >= 0.6 is 0 Å². The first-order valence-corrected chi connectivity index (χ1v) is 7.39. The highest BCUT2D eigenvalue weighted by molar-refractivity contribution is 5.81. The number of aliphatic hydroxyl groups is 1. The van der Waals surface area contributed by atoms with Crippen LogP contribution < -0.4 is 0 Å². The van der Waals surface area contributed by atoms with E-state index in [-0.39, 0.29) is 5.41 Å². The quantitative estimate of drug-likeness (QED) is 0.803. The SMILES string of the molecule is CC(C)C1CC[C@]23C=N[C@H](C2)[C@@](O)(C(=O)O)CC[C@@H]13. The lowest BCUT2D eigenvalue weighted by Gasteiger charge is -2.32. The number of carbonyl (C=O) groups is 1. The van der Waals surface area contributed by atoms with Gasteiger partial charge in [0.2, 0.25) is 0 Å². The summed E-state index contributed by atoms with van der Waals surface area (Å²) in [6, 6.07) is -0.444. The van der Waals surface area contributed by atoms with Crippen LogP contribution in [0.4, 0.5) is 0 Å². The molecule has 0 aromatic rings. The summed E-state index contributed by atoms with van der Waals surface area (Å²) in [6.07, 6.45) is 6.21. The number of hydrogen-bond donors (Lipinski definition) is 2. The molecule has 1 heterocycles. The third kappa shape index (κ3) is 1.69. The van der Waals surface area contributed by atoms with Crippen LogP contribution in [0.5, 0.6) is 0 Å². The van der Waals surface area contributed by atoms with Crippen molar-refractivity contribution in [3.8, 4) is 0 Å². The maximum absolute atomic E-state index is 11.4. The van der Waals surface area contributed by atoms with Gasteiger partial charge in [-0.25, -0.2) is 4.79 Å². The average molecular weight is 265 g/mol. The zero-order chi connectivity index (χ0) is 13.8. The van der Waals surface area contributed by atoms with Crippen LogP contribution in [0.1, 0.15) is 46.0 Å². The second-order valence-corrected chi connectivity index (χ2v) is 7.05. The average Bonchev–Trinajstić information content (AvgIpc) is 2.89. The molecule has 19 heavy (non-hydrogen) atoms. The third-order valence-corrected chi connectivity index (χ3v) is 5.90. The van der Waals surface area contributed by atoms with Gasteiger partial charge >= 0.3 is 5.97 Å². The second kappa shape index (κ2) is 4.05. The molecule has 3 rings (SSSR count). The summed E-state index contributed by atoms with van der Waals surface area (Å²) in [5, 5.41) is 19.8. The zero-order valence-corrected chi connectivity index (χ0v) is 11.7. The standard InChI is InChI=1S/C15H23NO3/c1-9(2)10-3-5-14-7-12(16-8-14)15(19,13(17)18)6-4-11(10)14/h8-12,19H,3-7H2,1-2H3,(H,17,18)/t10?,11-,12+,14+,15+/m0/s1. The van der Waals surface area contributed by atoms with Crippen LogP contribution in [0.3, 0.4) is 0 Å². The van der Waals surface area contributed by atoms with Gasteiger partial charge in [0.1, 0.15) is 0 Å². The molecule has 2 fully saturated rings. The van der Waals surface area contributed by atoms with Crippen LogP contribution in [-0.2, 0) is 4.79 Å². The van der Waals surface area contributed by atoms with Gasteiger partial charge in [-0.1, -0.05) is 13.8 Å². The molecule has 2 N–H and O–H groups in total. The molecule has 0 aromatic carbocycles. The van der Waals surface area contributed by atoms with Gasteiger partial charge in [0, 0.05) is 11.6 Å². The van der Waals surface area contributed by atoms with Crippen molar-refractivity contribution in [3.05, 3.63) is 0 Å². The summed E-state index contributed by atoms with van der Waals surface area (Å²) in [5.74, 6) is 0.650. The molecule has 0 saturated heterocycles. The normalized spacial score (nSPS) is 48.3. The van der Waals surface area contributed by atoms with Crippen LogP contribution in [0.2, 0.25) is 0 Å². The first kappa shape index (κ1) is 13.1. The fourth-order valence-corrected chi connectivity index (χ4v) is 4.75. The minimum absolute atomic E-state index is 0.0690. The maximum Gasteiger partial charge on any atom is 0.337 e. The topological polar surface area (TPSA) is 69.9 Å². The predicted octanol–water partition coefficient (Wildman–Crippen LogP) is 2.11. The van der Waals surface area contributed by atoms with Crippen molar-refractivity contribution < 1.29 is 15.0 Å². The number of rotatable bonds is 2. The monoisotopic (exact) mass is 265 g/mol.